The number of alkyl halides is 3. The molecule has 28 heavy (non-hydrogen) atoms. The van der Waals surface area contributed by atoms with Crippen molar-refractivity contribution < 1.29 is 27.5 Å². The Kier molecular flexibility index (Phi) is 4.68. The van der Waals surface area contributed by atoms with Crippen molar-refractivity contribution in [2.75, 3.05) is 26.7 Å². The molecule has 150 valence electrons. The van der Waals surface area contributed by atoms with Gasteiger partial charge in [0.2, 0.25) is 0 Å². The van der Waals surface area contributed by atoms with Gasteiger partial charge in [0.05, 0.1) is 28.0 Å². The minimum atomic E-state index is -4.56. The molecule has 0 spiro atoms. The fourth-order valence-electron chi connectivity index (χ4n) is 3.12. The molecule has 1 aliphatic carbocycles. The van der Waals surface area contributed by atoms with Crippen molar-refractivity contribution in [3.8, 4) is 0 Å². The van der Waals surface area contributed by atoms with Crippen LogP contribution in [-0.4, -0.2) is 48.6 Å². The number of ether oxygens (including phenoxy) is 1. The van der Waals surface area contributed by atoms with Crippen LogP contribution in [0.4, 0.5) is 18.0 Å². The predicted molar refractivity (Wildman–Crippen MR) is 96.4 cm³/mol. The van der Waals surface area contributed by atoms with Gasteiger partial charge in [-0.1, -0.05) is 0 Å². The number of carbonyl (C=O) groups is 2. The summed E-state index contributed by atoms with van der Waals surface area (Å²) in [6.07, 6.45) is -2.88. The van der Waals surface area contributed by atoms with Crippen LogP contribution in [0.2, 0.25) is 0 Å². The van der Waals surface area contributed by atoms with E-state index in [0.717, 1.165) is 30.2 Å². The van der Waals surface area contributed by atoms with Crippen LogP contribution < -0.4 is 5.32 Å². The van der Waals surface area contributed by atoms with Crippen molar-refractivity contribution in [2.45, 2.75) is 24.9 Å². The topological polar surface area (TPSA) is 71.5 Å². The summed E-state index contributed by atoms with van der Waals surface area (Å²) in [6, 6.07) is 1.03. The molecule has 1 aliphatic heterocycles. The van der Waals surface area contributed by atoms with Gasteiger partial charge in [0.1, 0.15) is 0 Å². The third kappa shape index (κ3) is 3.52. The highest BCUT2D eigenvalue weighted by Crippen LogP contribution is 2.41. The average molecular weight is 413 g/mol. The number of hydrogen-bond acceptors (Lipinski definition) is 5. The Bertz CT molecular complexity index is 933. The second kappa shape index (κ2) is 6.91. The maximum Gasteiger partial charge on any atom is 0.417 e. The maximum absolute atomic E-state index is 13.6. The fourth-order valence-corrected chi connectivity index (χ4v) is 4.15. The van der Waals surface area contributed by atoms with Crippen LogP contribution in [0.3, 0.4) is 0 Å². The van der Waals surface area contributed by atoms with Crippen molar-refractivity contribution in [2.24, 2.45) is 5.92 Å². The Labute approximate surface area is 162 Å². The van der Waals surface area contributed by atoms with E-state index in [2.05, 4.69) is 10.3 Å². The molecular formula is C18H18F3N3O3S. The third-order valence-corrected chi connectivity index (χ3v) is 6.02. The first-order chi connectivity index (χ1) is 13.3. The van der Waals surface area contributed by atoms with E-state index in [4.69, 9.17) is 4.74 Å². The molecule has 2 aromatic rings. The zero-order chi connectivity index (χ0) is 20.1. The van der Waals surface area contributed by atoms with Crippen LogP contribution in [0, 0.1) is 5.92 Å². The summed E-state index contributed by atoms with van der Waals surface area (Å²) in [7, 11) is 1.41. The van der Waals surface area contributed by atoms with Gasteiger partial charge in [-0.25, -0.2) is 4.79 Å². The van der Waals surface area contributed by atoms with Crippen molar-refractivity contribution >= 4 is 33.6 Å². The minimum absolute atomic E-state index is 0.0453. The number of halogens is 3. The molecule has 0 aromatic carbocycles. The van der Waals surface area contributed by atoms with Gasteiger partial charge >= 0.3 is 12.3 Å². The molecule has 10 heteroatoms. The zero-order valence-corrected chi connectivity index (χ0v) is 15.8. The summed E-state index contributed by atoms with van der Waals surface area (Å²) in [5, 5.41) is 3.81. The van der Waals surface area contributed by atoms with E-state index < -0.39 is 23.7 Å². The molecule has 6 nitrogen and oxygen atoms in total. The standard InChI is InChI=1S/C18H18F3N3O3S/c1-22-16(25)11-8-28-15-12(18(19,20)21)4-13(23-14(11)15)10-5-24(6-10)17(26)27-7-9-2-3-9/h4,8-10H,2-3,5-7H2,1H3,(H,22,25). The van der Waals surface area contributed by atoms with Gasteiger partial charge in [0.15, 0.2) is 0 Å². The Balaban J connectivity index is 1.58. The summed E-state index contributed by atoms with van der Waals surface area (Å²) in [5.74, 6) is -0.361. The lowest BCUT2D eigenvalue weighted by Gasteiger charge is -2.38. The number of pyridine rings is 1. The molecule has 4 rings (SSSR count). The normalized spacial score (nSPS) is 17.5. The second-order valence-corrected chi connectivity index (χ2v) is 8.00. The van der Waals surface area contributed by atoms with E-state index in [1.165, 1.54) is 17.3 Å². The largest absolute Gasteiger partial charge is 0.449 e. The Morgan fingerprint density at radius 1 is 1.36 bits per heavy atom. The van der Waals surface area contributed by atoms with E-state index in [9.17, 15) is 22.8 Å². The molecule has 0 atom stereocenters. The molecule has 0 unspecified atom stereocenters. The van der Waals surface area contributed by atoms with Gasteiger partial charge in [-0.2, -0.15) is 13.2 Å². The predicted octanol–water partition coefficient (Wildman–Crippen LogP) is 3.62. The van der Waals surface area contributed by atoms with Crippen LogP contribution in [0.15, 0.2) is 11.4 Å². The summed E-state index contributed by atoms with van der Waals surface area (Å²) in [6.45, 7) is 0.893. The van der Waals surface area contributed by atoms with E-state index in [-0.39, 0.29) is 40.5 Å². The highest BCUT2D eigenvalue weighted by Gasteiger charge is 2.39. The van der Waals surface area contributed by atoms with Gasteiger partial charge < -0.3 is 15.0 Å². The molecule has 2 fully saturated rings. The SMILES string of the molecule is CNC(=O)c1csc2c(C(F)(F)F)cc(C3CN(C(=O)OCC4CC4)C3)nc12. The van der Waals surface area contributed by atoms with Gasteiger partial charge in [-0.05, 0) is 24.8 Å². The summed E-state index contributed by atoms with van der Waals surface area (Å²) >= 11 is 0.850. The van der Waals surface area contributed by atoms with Crippen LogP contribution in [0.5, 0.6) is 0 Å². The lowest BCUT2D eigenvalue weighted by atomic mass is 9.94. The molecule has 2 amide bonds. The van der Waals surface area contributed by atoms with Gasteiger partial charge in [0, 0.05) is 37.1 Å². The first-order valence-electron chi connectivity index (χ1n) is 8.91. The molecule has 3 heterocycles. The number of nitrogens with zero attached hydrogens (tertiary/aromatic N) is 2. The quantitative estimate of drug-likeness (QED) is 0.831. The van der Waals surface area contributed by atoms with Crippen LogP contribution in [0.25, 0.3) is 10.2 Å². The Hall–Kier alpha value is -2.36. The van der Waals surface area contributed by atoms with Crippen molar-refractivity contribution in [3.63, 3.8) is 0 Å². The molecule has 1 saturated carbocycles. The lowest BCUT2D eigenvalue weighted by molar-refractivity contribution is -0.136. The molecule has 1 N–H and O–H groups in total. The van der Waals surface area contributed by atoms with E-state index in [1.807, 2.05) is 0 Å². The molecule has 1 saturated heterocycles. The Morgan fingerprint density at radius 2 is 2.07 bits per heavy atom. The first kappa shape index (κ1) is 19.0. The van der Waals surface area contributed by atoms with E-state index in [0.29, 0.717) is 12.5 Å². The van der Waals surface area contributed by atoms with Gasteiger partial charge in [-0.3, -0.25) is 9.78 Å². The van der Waals surface area contributed by atoms with Crippen LogP contribution in [0.1, 0.15) is 40.4 Å². The fraction of sp³-hybridized carbons (Fsp3) is 0.500. The molecule has 0 bridgehead atoms. The van der Waals surface area contributed by atoms with Gasteiger partial charge in [0.25, 0.3) is 5.91 Å². The lowest BCUT2D eigenvalue weighted by Crippen LogP contribution is -2.49. The van der Waals surface area contributed by atoms with E-state index in [1.54, 1.807) is 0 Å². The number of carbonyl (C=O) groups excluding carboxylic acids is 2. The number of fused-ring (bicyclic) bond motifs is 1. The number of amides is 2. The van der Waals surface area contributed by atoms with Gasteiger partial charge in [-0.15, -0.1) is 11.3 Å². The third-order valence-electron chi connectivity index (χ3n) is 5.02. The van der Waals surface area contributed by atoms with E-state index >= 15 is 0 Å². The monoisotopic (exact) mass is 413 g/mol. The highest BCUT2D eigenvalue weighted by molar-refractivity contribution is 7.17. The smallest absolute Gasteiger partial charge is 0.417 e. The number of thiophene rings is 1. The van der Waals surface area contributed by atoms with Crippen molar-refractivity contribution in [1.82, 2.24) is 15.2 Å². The number of rotatable bonds is 4. The van der Waals surface area contributed by atoms with Crippen molar-refractivity contribution in [1.29, 1.82) is 0 Å². The number of aromatic nitrogens is 1. The minimum Gasteiger partial charge on any atom is -0.449 e. The van der Waals surface area contributed by atoms with Crippen LogP contribution in [-0.2, 0) is 10.9 Å². The molecule has 0 radical (unpaired) electrons. The average Bonchev–Trinajstić information content (AvgIpc) is 3.34. The summed E-state index contributed by atoms with van der Waals surface area (Å²) in [5.41, 5.74) is -0.407. The number of likely N-dealkylation sites (tertiary alicyclic amines) is 1. The van der Waals surface area contributed by atoms with Crippen molar-refractivity contribution in [3.05, 3.63) is 28.3 Å². The molecular weight excluding hydrogens is 395 g/mol. The summed E-state index contributed by atoms with van der Waals surface area (Å²) in [4.78, 5) is 29.8. The number of nitrogens with one attached hydrogen (secondary N) is 1. The molecule has 2 aromatic heterocycles. The first-order valence-corrected chi connectivity index (χ1v) is 9.79. The highest BCUT2D eigenvalue weighted by atomic mass is 32.1. The Morgan fingerprint density at radius 3 is 2.68 bits per heavy atom. The second-order valence-electron chi connectivity index (χ2n) is 7.12. The maximum atomic E-state index is 13.6. The summed E-state index contributed by atoms with van der Waals surface area (Å²) < 4.78 is 45.8. The molecule has 2 aliphatic rings. The number of hydrogen-bond donors (Lipinski definition) is 1. The van der Waals surface area contributed by atoms with Crippen LogP contribution >= 0.6 is 11.3 Å². The zero-order valence-electron chi connectivity index (χ0n) is 15.0.